The zero-order chi connectivity index (χ0) is 29.8. The van der Waals surface area contributed by atoms with Gasteiger partial charge in [-0.25, -0.2) is 4.98 Å². The molecule has 2 aliphatic rings. The topological polar surface area (TPSA) is 87.2 Å². The van der Waals surface area contributed by atoms with Crippen molar-refractivity contribution in [2.24, 2.45) is 0 Å². The van der Waals surface area contributed by atoms with E-state index in [1.165, 1.54) is 12.8 Å². The SMILES string of the molecule is CCC[C@@H](CN1CCCC1)N(C)C(=O)c1cc(NCCc2ccccc2O)nc2ccc(-c3ccc4c(c3)OCO4)cc12. The van der Waals surface area contributed by atoms with Crippen LogP contribution in [0.15, 0.2) is 66.7 Å². The van der Waals surface area contributed by atoms with Gasteiger partial charge in [0.15, 0.2) is 11.5 Å². The van der Waals surface area contributed by atoms with Gasteiger partial charge in [-0.2, -0.15) is 0 Å². The molecule has 1 aromatic heterocycles. The number of hydrogen-bond acceptors (Lipinski definition) is 7. The second-order valence-electron chi connectivity index (χ2n) is 11.5. The third-order valence-electron chi connectivity index (χ3n) is 8.59. The lowest BCUT2D eigenvalue weighted by Crippen LogP contribution is -2.44. The number of rotatable bonds is 11. The molecule has 1 saturated heterocycles. The summed E-state index contributed by atoms with van der Waals surface area (Å²) < 4.78 is 11.1. The Balaban J connectivity index is 1.33. The zero-order valence-electron chi connectivity index (χ0n) is 25.0. The number of anilines is 1. The predicted octanol–water partition coefficient (Wildman–Crippen LogP) is 6.33. The summed E-state index contributed by atoms with van der Waals surface area (Å²) in [5.41, 5.74) is 4.21. The van der Waals surface area contributed by atoms with Crippen LogP contribution in [-0.2, 0) is 6.42 Å². The Morgan fingerprint density at radius 2 is 1.79 bits per heavy atom. The van der Waals surface area contributed by atoms with Gasteiger partial charge in [-0.1, -0.05) is 43.7 Å². The number of benzene rings is 3. The van der Waals surface area contributed by atoms with E-state index >= 15 is 0 Å². The summed E-state index contributed by atoms with van der Waals surface area (Å²) >= 11 is 0. The number of nitrogens with one attached hydrogen (secondary N) is 1. The standard InChI is InChI=1S/C35H40N4O4/c1-3-8-27(22-39-17-6-7-18-39)38(2)35(41)29-21-34(36-16-15-24-9-4-5-10-31(24)40)37-30-13-11-25(19-28(29)30)26-12-14-32-33(20-26)43-23-42-32/h4-5,9-14,19-21,27,40H,3,6-8,15-18,22-23H2,1-2H3,(H,36,37)/t27-/m0/s1. The Bertz CT molecular complexity index is 1600. The minimum absolute atomic E-state index is 0.00311. The van der Waals surface area contributed by atoms with Gasteiger partial charge in [-0.15, -0.1) is 0 Å². The third-order valence-corrected chi connectivity index (χ3v) is 8.59. The van der Waals surface area contributed by atoms with E-state index < -0.39 is 0 Å². The van der Waals surface area contributed by atoms with Gasteiger partial charge in [-0.3, -0.25) is 4.79 Å². The molecule has 0 aliphatic carbocycles. The first kappa shape index (κ1) is 28.8. The number of phenolic OH excluding ortho intramolecular Hbond substituents is 1. The molecule has 8 heteroatoms. The number of ether oxygens (including phenoxy) is 2. The van der Waals surface area contributed by atoms with Gasteiger partial charge in [0.2, 0.25) is 6.79 Å². The van der Waals surface area contributed by atoms with Gasteiger partial charge < -0.3 is 29.7 Å². The smallest absolute Gasteiger partial charge is 0.254 e. The van der Waals surface area contributed by atoms with Crippen LogP contribution in [0.2, 0.25) is 0 Å². The largest absolute Gasteiger partial charge is 0.508 e. The van der Waals surface area contributed by atoms with E-state index in [1.54, 1.807) is 6.07 Å². The van der Waals surface area contributed by atoms with Crippen molar-refractivity contribution in [1.82, 2.24) is 14.8 Å². The number of aromatic hydroxyl groups is 1. The van der Waals surface area contributed by atoms with E-state index in [-0.39, 0.29) is 24.5 Å². The lowest BCUT2D eigenvalue weighted by molar-refractivity contribution is 0.0689. The summed E-state index contributed by atoms with van der Waals surface area (Å²) in [5.74, 6) is 2.38. The van der Waals surface area contributed by atoms with E-state index in [9.17, 15) is 9.90 Å². The number of carbonyl (C=O) groups excluding carboxylic acids is 1. The molecule has 8 nitrogen and oxygen atoms in total. The predicted molar refractivity (Wildman–Crippen MR) is 170 cm³/mol. The van der Waals surface area contributed by atoms with E-state index in [4.69, 9.17) is 14.5 Å². The average Bonchev–Trinajstić information content (AvgIpc) is 3.72. The van der Waals surface area contributed by atoms with Crippen LogP contribution in [0.25, 0.3) is 22.0 Å². The van der Waals surface area contributed by atoms with Crippen molar-refractivity contribution in [2.75, 3.05) is 45.3 Å². The molecule has 0 spiro atoms. The van der Waals surface area contributed by atoms with Crippen molar-refractivity contribution in [2.45, 2.75) is 45.1 Å². The summed E-state index contributed by atoms with van der Waals surface area (Å²) in [5, 5.41) is 14.4. The molecule has 0 bridgehead atoms. The fourth-order valence-corrected chi connectivity index (χ4v) is 6.16. The molecule has 6 rings (SSSR count). The molecule has 3 heterocycles. The van der Waals surface area contributed by atoms with Crippen LogP contribution in [-0.4, -0.2) is 71.9 Å². The average molecular weight is 581 g/mol. The fourth-order valence-electron chi connectivity index (χ4n) is 6.16. The maximum Gasteiger partial charge on any atom is 0.254 e. The number of carbonyl (C=O) groups is 1. The Morgan fingerprint density at radius 3 is 2.60 bits per heavy atom. The maximum absolute atomic E-state index is 14.3. The van der Waals surface area contributed by atoms with Crippen molar-refractivity contribution in [3.8, 4) is 28.4 Å². The quantitative estimate of drug-likeness (QED) is 0.214. The first-order valence-electron chi connectivity index (χ1n) is 15.3. The lowest BCUT2D eigenvalue weighted by atomic mass is 9.99. The minimum Gasteiger partial charge on any atom is -0.508 e. The highest BCUT2D eigenvalue weighted by Gasteiger charge is 2.26. The van der Waals surface area contributed by atoms with Crippen molar-refractivity contribution < 1.29 is 19.4 Å². The van der Waals surface area contributed by atoms with Crippen LogP contribution in [0, 0.1) is 0 Å². The van der Waals surface area contributed by atoms with Crippen molar-refractivity contribution in [1.29, 1.82) is 0 Å². The molecule has 1 amide bonds. The molecule has 1 fully saturated rings. The van der Waals surface area contributed by atoms with Crippen molar-refractivity contribution in [3.63, 3.8) is 0 Å². The molecule has 1 atom stereocenters. The van der Waals surface area contributed by atoms with Crippen LogP contribution < -0.4 is 14.8 Å². The summed E-state index contributed by atoms with van der Waals surface area (Å²) in [6, 6.07) is 21.4. The Morgan fingerprint density at radius 1 is 1.02 bits per heavy atom. The van der Waals surface area contributed by atoms with Crippen LogP contribution in [0.1, 0.15) is 48.5 Å². The highest BCUT2D eigenvalue weighted by Crippen LogP contribution is 2.37. The van der Waals surface area contributed by atoms with Gasteiger partial charge >= 0.3 is 0 Å². The molecule has 2 aliphatic heterocycles. The van der Waals surface area contributed by atoms with Crippen molar-refractivity contribution >= 4 is 22.6 Å². The van der Waals surface area contributed by atoms with Crippen LogP contribution in [0.4, 0.5) is 5.82 Å². The molecule has 2 N–H and O–H groups in total. The number of para-hydroxylation sites is 1. The first-order valence-corrected chi connectivity index (χ1v) is 15.3. The van der Waals surface area contributed by atoms with Crippen molar-refractivity contribution in [3.05, 3.63) is 77.9 Å². The van der Waals surface area contributed by atoms with E-state index in [0.29, 0.717) is 24.3 Å². The highest BCUT2D eigenvalue weighted by molar-refractivity contribution is 6.08. The summed E-state index contributed by atoms with van der Waals surface area (Å²) in [4.78, 5) is 23.6. The summed E-state index contributed by atoms with van der Waals surface area (Å²) in [6.07, 6.45) is 5.05. The fraction of sp³-hybridized carbons (Fsp3) is 0.371. The van der Waals surface area contributed by atoms with Crippen LogP contribution in [0.3, 0.4) is 0 Å². The van der Waals surface area contributed by atoms with E-state index in [2.05, 4.69) is 23.2 Å². The number of fused-ring (bicyclic) bond motifs is 2. The minimum atomic E-state index is -0.00311. The number of nitrogens with zero attached hydrogens (tertiary/aromatic N) is 3. The maximum atomic E-state index is 14.3. The number of phenols is 1. The third kappa shape index (κ3) is 6.39. The Kier molecular flexibility index (Phi) is 8.65. The summed E-state index contributed by atoms with van der Waals surface area (Å²) in [7, 11) is 1.94. The molecular weight excluding hydrogens is 540 g/mol. The second kappa shape index (κ2) is 12.9. The number of likely N-dealkylation sites (tertiary alicyclic amines) is 1. The normalized spacial score (nSPS) is 15.1. The van der Waals surface area contributed by atoms with Gasteiger partial charge in [0, 0.05) is 31.6 Å². The number of amides is 1. The molecule has 43 heavy (non-hydrogen) atoms. The molecule has 0 radical (unpaired) electrons. The van der Waals surface area contributed by atoms with E-state index in [1.807, 2.05) is 66.5 Å². The molecule has 224 valence electrons. The van der Waals surface area contributed by atoms with Crippen LogP contribution >= 0.6 is 0 Å². The monoisotopic (exact) mass is 580 g/mol. The number of likely N-dealkylation sites (N-methyl/N-ethyl adjacent to an activating group) is 1. The van der Waals surface area contributed by atoms with Gasteiger partial charge in [0.05, 0.1) is 11.1 Å². The summed E-state index contributed by atoms with van der Waals surface area (Å²) in [6.45, 7) is 6.08. The second-order valence-corrected chi connectivity index (χ2v) is 11.5. The molecule has 3 aromatic carbocycles. The molecule has 4 aromatic rings. The zero-order valence-corrected chi connectivity index (χ0v) is 25.0. The van der Waals surface area contributed by atoms with Gasteiger partial charge in [0.25, 0.3) is 5.91 Å². The first-order chi connectivity index (χ1) is 21.0. The number of hydrogen-bond donors (Lipinski definition) is 2. The number of aromatic nitrogens is 1. The van der Waals surface area contributed by atoms with E-state index in [0.717, 1.165) is 71.6 Å². The van der Waals surface area contributed by atoms with Crippen LogP contribution in [0.5, 0.6) is 17.2 Å². The lowest BCUT2D eigenvalue weighted by Gasteiger charge is -2.32. The Hall–Kier alpha value is -4.30. The molecule has 0 saturated carbocycles. The molecule has 0 unspecified atom stereocenters. The number of pyridine rings is 1. The highest BCUT2D eigenvalue weighted by atomic mass is 16.7. The van der Waals surface area contributed by atoms with Gasteiger partial charge in [0.1, 0.15) is 11.6 Å². The molecular formula is C35H40N4O4. The van der Waals surface area contributed by atoms with Gasteiger partial charge in [-0.05, 0) is 91.9 Å². The Labute approximate surface area is 253 Å².